The molecule has 0 heterocycles. The van der Waals surface area contributed by atoms with Crippen LogP contribution in [0, 0.1) is 0 Å². The summed E-state index contributed by atoms with van der Waals surface area (Å²) in [4.78, 5) is 23.6. The second kappa shape index (κ2) is 9.00. The summed E-state index contributed by atoms with van der Waals surface area (Å²) in [7, 11) is 1.52. The lowest BCUT2D eigenvalue weighted by Crippen LogP contribution is -2.37. The molecule has 0 bridgehead atoms. The molecule has 0 aromatic heterocycles. The van der Waals surface area contributed by atoms with Crippen molar-refractivity contribution in [2.24, 2.45) is 0 Å². The normalized spacial score (nSPS) is 10.7. The molecule has 7 nitrogen and oxygen atoms in total. The van der Waals surface area contributed by atoms with E-state index >= 15 is 0 Å². The van der Waals surface area contributed by atoms with Gasteiger partial charge in [-0.15, -0.1) is 0 Å². The fourth-order valence-electron chi connectivity index (χ4n) is 1.84. The van der Waals surface area contributed by atoms with Gasteiger partial charge in [0.05, 0.1) is 13.7 Å². The largest absolute Gasteiger partial charge is 0.493 e. The number of nitrogens with one attached hydrogen (secondary N) is 2. The predicted molar refractivity (Wildman–Crippen MR) is 90.7 cm³/mol. The van der Waals surface area contributed by atoms with Crippen LogP contribution in [0.25, 0.3) is 0 Å². The van der Waals surface area contributed by atoms with Gasteiger partial charge in [-0.05, 0) is 45.9 Å². The first-order chi connectivity index (χ1) is 11.3. The quantitative estimate of drug-likeness (QED) is 0.745. The third kappa shape index (κ3) is 6.76. The predicted octanol–water partition coefficient (Wildman–Crippen LogP) is 2.35. The van der Waals surface area contributed by atoms with Crippen LogP contribution in [-0.4, -0.2) is 44.4 Å². The van der Waals surface area contributed by atoms with Gasteiger partial charge >= 0.3 is 6.09 Å². The van der Waals surface area contributed by atoms with Crippen LogP contribution < -0.4 is 20.1 Å². The molecule has 1 rings (SSSR count). The topological polar surface area (TPSA) is 85.9 Å². The van der Waals surface area contributed by atoms with E-state index in [-0.39, 0.29) is 19.0 Å². The van der Waals surface area contributed by atoms with E-state index in [4.69, 9.17) is 14.2 Å². The van der Waals surface area contributed by atoms with Crippen LogP contribution in [0.1, 0.15) is 38.1 Å². The molecule has 1 aromatic rings. The molecule has 0 aliphatic heterocycles. The van der Waals surface area contributed by atoms with Gasteiger partial charge in [0, 0.05) is 18.7 Å². The minimum absolute atomic E-state index is 0.262. The first kappa shape index (κ1) is 19.6. The number of alkyl carbamates (subject to hydrolysis) is 1. The maximum absolute atomic E-state index is 12.1. The van der Waals surface area contributed by atoms with Crippen LogP contribution in [-0.2, 0) is 4.74 Å². The fourth-order valence-corrected chi connectivity index (χ4v) is 1.84. The summed E-state index contributed by atoms with van der Waals surface area (Å²) in [6.07, 6.45) is -0.514. The molecule has 7 heteroatoms. The molecule has 2 amide bonds. The van der Waals surface area contributed by atoms with Crippen molar-refractivity contribution in [3.63, 3.8) is 0 Å². The van der Waals surface area contributed by atoms with E-state index in [1.807, 2.05) is 6.92 Å². The monoisotopic (exact) mass is 338 g/mol. The van der Waals surface area contributed by atoms with Gasteiger partial charge in [-0.1, -0.05) is 0 Å². The van der Waals surface area contributed by atoms with E-state index in [0.29, 0.717) is 23.7 Å². The number of hydrogen-bond acceptors (Lipinski definition) is 5. The standard InChI is InChI=1S/C17H26N2O5/c1-6-23-13-8-7-12(11-14(13)22-5)15(20)18-9-10-19-16(21)24-17(2,3)4/h7-8,11H,6,9-10H2,1-5H3,(H,18,20)(H,19,21). The lowest BCUT2D eigenvalue weighted by molar-refractivity contribution is 0.0526. The molecule has 0 saturated carbocycles. The zero-order valence-corrected chi connectivity index (χ0v) is 14.9. The molecule has 0 aliphatic rings. The number of hydrogen-bond donors (Lipinski definition) is 2. The van der Waals surface area contributed by atoms with E-state index in [2.05, 4.69) is 10.6 Å². The van der Waals surface area contributed by atoms with Crippen molar-refractivity contribution in [2.75, 3.05) is 26.8 Å². The molecule has 24 heavy (non-hydrogen) atoms. The average Bonchev–Trinajstić information content (AvgIpc) is 2.50. The summed E-state index contributed by atoms with van der Waals surface area (Å²) in [6.45, 7) is 8.30. The van der Waals surface area contributed by atoms with E-state index in [1.54, 1.807) is 39.0 Å². The Kier molecular flexibility index (Phi) is 7.35. The molecular formula is C17H26N2O5. The Labute approximate surface area is 142 Å². The molecule has 0 aliphatic carbocycles. The van der Waals surface area contributed by atoms with Crippen LogP contribution in [0.5, 0.6) is 11.5 Å². The highest BCUT2D eigenvalue weighted by Crippen LogP contribution is 2.27. The highest BCUT2D eigenvalue weighted by molar-refractivity contribution is 5.94. The molecule has 0 saturated heterocycles. The number of rotatable bonds is 7. The number of carbonyl (C=O) groups is 2. The molecule has 0 atom stereocenters. The Morgan fingerprint density at radius 3 is 2.33 bits per heavy atom. The Morgan fingerprint density at radius 1 is 1.08 bits per heavy atom. The second-order valence-electron chi connectivity index (χ2n) is 5.98. The summed E-state index contributed by atoms with van der Waals surface area (Å²) in [6, 6.07) is 4.96. The van der Waals surface area contributed by atoms with Crippen LogP contribution in [0.3, 0.4) is 0 Å². The van der Waals surface area contributed by atoms with Crippen molar-refractivity contribution in [1.29, 1.82) is 0 Å². The van der Waals surface area contributed by atoms with Gasteiger partial charge in [0.1, 0.15) is 5.60 Å². The van der Waals surface area contributed by atoms with Crippen molar-refractivity contribution >= 4 is 12.0 Å². The maximum Gasteiger partial charge on any atom is 0.407 e. The lowest BCUT2D eigenvalue weighted by Gasteiger charge is -2.19. The molecule has 0 radical (unpaired) electrons. The summed E-state index contributed by atoms with van der Waals surface area (Å²) in [5.41, 5.74) is -0.0980. The molecular weight excluding hydrogens is 312 g/mol. The molecule has 2 N–H and O–H groups in total. The van der Waals surface area contributed by atoms with Gasteiger partial charge in [-0.3, -0.25) is 4.79 Å². The number of ether oxygens (including phenoxy) is 3. The molecule has 134 valence electrons. The SMILES string of the molecule is CCOc1ccc(C(=O)NCCNC(=O)OC(C)(C)C)cc1OC. The van der Waals surface area contributed by atoms with Crippen LogP contribution in [0.4, 0.5) is 4.79 Å². The number of carbonyl (C=O) groups excluding carboxylic acids is 2. The fraction of sp³-hybridized carbons (Fsp3) is 0.529. The third-order valence-corrected chi connectivity index (χ3v) is 2.80. The van der Waals surface area contributed by atoms with Crippen molar-refractivity contribution in [3.8, 4) is 11.5 Å². The Bertz CT molecular complexity index is 567. The number of methoxy groups -OCH3 is 1. The Hall–Kier alpha value is -2.44. The first-order valence-electron chi connectivity index (χ1n) is 7.82. The highest BCUT2D eigenvalue weighted by Gasteiger charge is 2.15. The van der Waals surface area contributed by atoms with E-state index < -0.39 is 11.7 Å². The third-order valence-electron chi connectivity index (χ3n) is 2.80. The van der Waals surface area contributed by atoms with Crippen molar-refractivity contribution in [1.82, 2.24) is 10.6 Å². The second-order valence-corrected chi connectivity index (χ2v) is 5.98. The Morgan fingerprint density at radius 2 is 1.75 bits per heavy atom. The van der Waals surface area contributed by atoms with Gasteiger partial charge in [0.25, 0.3) is 5.91 Å². The molecule has 0 spiro atoms. The number of amides is 2. The van der Waals surface area contributed by atoms with Gasteiger partial charge in [0.15, 0.2) is 11.5 Å². The van der Waals surface area contributed by atoms with Crippen molar-refractivity contribution in [3.05, 3.63) is 23.8 Å². The van der Waals surface area contributed by atoms with Crippen LogP contribution in [0.2, 0.25) is 0 Å². The zero-order valence-electron chi connectivity index (χ0n) is 14.9. The molecule has 0 fully saturated rings. The summed E-state index contributed by atoms with van der Waals surface area (Å²) in [5.74, 6) is 0.821. The van der Waals surface area contributed by atoms with E-state index in [9.17, 15) is 9.59 Å². The average molecular weight is 338 g/mol. The van der Waals surface area contributed by atoms with Gasteiger partial charge in [0.2, 0.25) is 0 Å². The van der Waals surface area contributed by atoms with E-state index in [0.717, 1.165) is 0 Å². The highest BCUT2D eigenvalue weighted by atomic mass is 16.6. The molecule has 0 unspecified atom stereocenters. The van der Waals surface area contributed by atoms with Gasteiger partial charge in [-0.25, -0.2) is 4.79 Å². The minimum atomic E-state index is -0.549. The summed E-state index contributed by atoms with van der Waals surface area (Å²) < 4.78 is 15.7. The van der Waals surface area contributed by atoms with Crippen LogP contribution >= 0.6 is 0 Å². The van der Waals surface area contributed by atoms with Gasteiger partial charge in [-0.2, -0.15) is 0 Å². The van der Waals surface area contributed by atoms with Crippen molar-refractivity contribution in [2.45, 2.75) is 33.3 Å². The summed E-state index contributed by atoms with van der Waals surface area (Å²) >= 11 is 0. The smallest absolute Gasteiger partial charge is 0.407 e. The minimum Gasteiger partial charge on any atom is -0.493 e. The van der Waals surface area contributed by atoms with Crippen LogP contribution in [0.15, 0.2) is 18.2 Å². The van der Waals surface area contributed by atoms with Crippen molar-refractivity contribution < 1.29 is 23.8 Å². The zero-order chi connectivity index (χ0) is 18.2. The Balaban J connectivity index is 2.47. The van der Waals surface area contributed by atoms with E-state index in [1.165, 1.54) is 7.11 Å². The lowest BCUT2D eigenvalue weighted by atomic mass is 10.2. The number of benzene rings is 1. The first-order valence-corrected chi connectivity index (χ1v) is 7.82. The maximum atomic E-state index is 12.1. The van der Waals surface area contributed by atoms with Gasteiger partial charge < -0.3 is 24.8 Å². The molecule has 1 aromatic carbocycles. The summed E-state index contributed by atoms with van der Waals surface area (Å²) in [5, 5.41) is 5.29.